The van der Waals surface area contributed by atoms with Crippen molar-refractivity contribution in [1.29, 1.82) is 0 Å². The van der Waals surface area contributed by atoms with E-state index in [0.717, 1.165) is 23.0 Å². The largest absolute Gasteiger partial charge is 0.493 e. The van der Waals surface area contributed by atoms with E-state index < -0.39 is 0 Å². The molecular formula is C15H26IN3O2. The Morgan fingerprint density at radius 2 is 1.86 bits per heavy atom. The van der Waals surface area contributed by atoms with E-state index in [4.69, 9.17) is 9.47 Å². The summed E-state index contributed by atoms with van der Waals surface area (Å²) in [5, 5.41) is 6.58. The van der Waals surface area contributed by atoms with E-state index >= 15 is 0 Å². The van der Waals surface area contributed by atoms with E-state index in [1.165, 1.54) is 0 Å². The van der Waals surface area contributed by atoms with Gasteiger partial charge in [0.2, 0.25) is 0 Å². The van der Waals surface area contributed by atoms with E-state index in [9.17, 15) is 0 Å². The van der Waals surface area contributed by atoms with Crippen LogP contribution < -0.4 is 20.1 Å². The average Bonchev–Trinajstić information content (AvgIpc) is 2.41. The first-order chi connectivity index (χ1) is 9.41. The Labute approximate surface area is 144 Å². The van der Waals surface area contributed by atoms with Crippen molar-refractivity contribution in [2.24, 2.45) is 4.99 Å². The summed E-state index contributed by atoms with van der Waals surface area (Å²) in [6.45, 7) is 6.88. The van der Waals surface area contributed by atoms with Crippen molar-refractivity contribution in [2.75, 3.05) is 21.3 Å². The van der Waals surface area contributed by atoms with Gasteiger partial charge in [-0.2, -0.15) is 0 Å². The van der Waals surface area contributed by atoms with E-state index in [1.54, 1.807) is 21.3 Å². The van der Waals surface area contributed by atoms with Gasteiger partial charge in [-0.15, -0.1) is 24.0 Å². The summed E-state index contributed by atoms with van der Waals surface area (Å²) in [7, 11) is 5.03. The van der Waals surface area contributed by atoms with Gasteiger partial charge in [0, 0.05) is 24.7 Å². The standard InChI is InChI=1S/C15H25N3O2.HI/c1-15(2,3)18-14(16-4)17-10-11-8-7-9-12(19-5)13(11)20-6;/h7-9H,10H2,1-6H3,(H2,16,17,18);1H. The third kappa shape index (κ3) is 6.41. The van der Waals surface area contributed by atoms with Gasteiger partial charge in [-0.3, -0.25) is 4.99 Å². The van der Waals surface area contributed by atoms with Crippen LogP contribution in [0.2, 0.25) is 0 Å². The molecule has 0 aliphatic heterocycles. The van der Waals surface area contributed by atoms with Crippen molar-refractivity contribution >= 4 is 29.9 Å². The van der Waals surface area contributed by atoms with Crippen molar-refractivity contribution in [3.05, 3.63) is 23.8 Å². The Morgan fingerprint density at radius 3 is 2.33 bits per heavy atom. The molecule has 0 radical (unpaired) electrons. The van der Waals surface area contributed by atoms with E-state index in [2.05, 4.69) is 36.4 Å². The van der Waals surface area contributed by atoms with Crippen LogP contribution >= 0.6 is 24.0 Å². The summed E-state index contributed by atoms with van der Waals surface area (Å²) in [6, 6.07) is 5.82. The molecular weight excluding hydrogens is 381 g/mol. The quantitative estimate of drug-likeness (QED) is 0.458. The van der Waals surface area contributed by atoms with Gasteiger partial charge in [-0.05, 0) is 26.8 Å². The highest BCUT2D eigenvalue weighted by Gasteiger charge is 2.13. The molecule has 0 amide bonds. The molecule has 1 rings (SSSR count). The number of nitrogens with zero attached hydrogens (tertiary/aromatic N) is 1. The number of aliphatic imine (C=N–C) groups is 1. The van der Waals surface area contributed by atoms with Gasteiger partial charge in [0.15, 0.2) is 17.5 Å². The molecule has 120 valence electrons. The highest BCUT2D eigenvalue weighted by molar-refractivity contribution is 14.0. The summed E-state index contributed by atoms with van der Waals surface area (Å²) >= 11 is 0. The molecule has 0 saturated carbocycles. The molecule has 0 atom stereocenters. The number of para-hydroxylation sites is 1. The zero-order valence-corrected chi connectivity index (χ0v) is 15.9. The Morgan fingerprint density at radius 1 is 1.19 bits per heavy atom. The minimum Gasteiger partial charge on any atom is -0.493 e. The van der Waals surface area contributed by atoms with Gasteiger partial charge in [-0.1, -0.05) is 12.1 Å². The highest BCUT2D eigenvalue weighted by atomic mass is 127. The molecule has 21 heavy (non-hydrogen) atoms. The predicted molar refractivity (Wildman–Crippen MR) is 98.0 cm³/mol. The number of hydrogen-bond donors (Lipinski definition) is 2. The van der Waals surface area contributed by atoms with E-state index in [0.29, 0.717) is 6.54 Å². The lowest BCUT2D eigenvalue weighted by atomic mass is 10.1. The number of guanidine groups is 1. The number of hydrogen-bond acceptors (Lipinski definition) is 3. The van der Waals surface area contributed by atoms with Gasteiger partial charge >= 0.3 is 0 Å². The first-order valence-electron chi connectivity index (χ1n) is 6.60. The Balaban J connectivity index is 0.00000400. The number of nitrogens with one attached hydrogen (secondary N) is 2. The number of methoxy groups -OCH3 is 2. The molecule has 0 unspecified atom stereocenters. The van der Waals surface area contributed by atoms with Crippen LogP contribution in [0.3, 0.4) is 0 Å². The third-order valence-corrected chi connectivity index (χ3v) is 2.65. The van der Waals surface area contributed by atoms with Crippen molar-refractivity contribution in [2.45, 2.75) is 32.9 Å². The molecule has 6 heteroatoms. The monoisotopic (exact) mass is 407 g/mol. The first-order valence-corrected chi connectivity index (χ1v) is 6.60. The third-order valence-electron chi connectivity index (χ3n) is 2.65. The van der Waals surface area contributed by atoms with Crippen molar-refractivity contribution in [3.63, 3.8) is 0 Å². The molecule has 0 spiro atoms. The van der Waals surface area contributed by atoms with Gasteiger partial charge in [0.05, 0.1) is 14.2 Å². The Kier molecular flexibility index (Phi) is 8.46. The molecule has 0 saturated heterocycles. The molecule has 2 N–H and O–H groups in total. The Bertz CT molecular complexity index is 470. The lowest BCUT2D eigenvalue weighted by molar-refractivity contribution is 0.351. The van der Waals surface area contributed by atoms with Crippen molar-refractivity contribution in [3.8, 4) is 11.5 Å². The summed E-state index contributed by atoms with van der Waals surface area (Å²) in [5.41, 5.74) is 0.976. The summed E-state index contributed by atoms with van der Waals surface area (Å²) in [6.07, 6.45) is 0. The Hall–Kier alpha value is -1.18. The molecule has 0 aliphatic carbocycles. The number of ether oxygens (including phenoxy) is 2. The van der Waals surface area contributed by atoms with E-state index in [-0.39, 0.29) is 29.5 Å². The maximum absolute atomic E-state index is 5.41. The maximum Gasteiger partial charge on any atom is 0.191 e. The second-order valence-electron chi connectivity index (χ2n) is 5.45. The van der Waals surface area contributed by atoms with Gasteiger partial charge < -0.3 is 20.1 Å². The fourth-order valence-electron chi connectivity index (χ4n) is 1.81. The van der Waals surface area contributed by atoms with E-state index in [1.807, 2.05) is 18.2 Å². The van der Waals surface area contributed by atoms with Crippen LogP contribution in [0.4, 0.5) is 0 Å². The van der Waals surface area contributed by atoms with Crippen LogP contribution in [0.5, 0.6) is 11.5 Å². The van der Waals surface area contributed by atoms with Crippen LogP contribution in [-0.4, -0.2) is 32.8 Å². The molecule has 1 aromatic rings. The fraction of sp³-hybridized carbons (Fsp3) is 0.533. The molecule has 1 aromatic carbocycles. The van der Waals surface area contributed by atoms with Gasteiger partial charge in [0.25, 0.3) is 0 Å². The smallest absolute Gasteiger partial charge is 0.191 e. The lowest BCUT2D eigenvalue weighted by Gasteiger charge is -2.24. The lowest BCUT2D eigenvalue weighted by Crippen LogP contribution is -2.47. The molecule has 0 aliphatic rings. The van der Waals surface area contributed by atoms with Crippen LogP contribution in [0.15, 0.2) is 23.2 Å². The topological polar surface area (TPSA) is 54.9 Å². The molecule has 0 fully saturated rings. The molecule has 0 aromatic heterocycles. The number of halogens is 1. The van der Waals surface area contributed by atoms with Crippen LogP contribution in [-0.2, 0) is 6.54 Å². The second kappa shape index (κ2) is 8.96. The predicted octanol–water partition coefficient (Wildman–Crippen LogP) is 2.79. The fourth-order valence-corrected chi connectivity index (χ4v) is 1.81. The SMILES string of the molecule is CN=C(NCc1cccc(OC)c1OC)NC(C)(C)C.I. The van der Waals surface area contributed by atoms with Crippen LogP contribution in [0.1, 0.15) is 26.3 Å². The number of rotatable bonds is 4. The van der Waals surface area contributed by atoms with Crippen LogP contribution in [0, 0.1) is 0 Å². The summed E-state index contributed by atoms with van der Waals surface area (Å²) in [4.78, 5) is 4.21. The summed E-state index contributed by atoms with van der Waals surface area (Å²) in [5.74, 6) is 2.22. The number of benzene rings is 1. The minimum absolute atomic E-state index is 0. The maximum atomic E-state index is 5.41. The molecule has 0 heterocycles. The van der Waals surface area contributed by atoms with Crippen molar-refractivity contribution in [1.82, 2.24) is 10.6 Å². The summed E-state index contributed by atoms with van der Waals surface area (Å²) < 4.78 is 10.7. The second-order valence-corrected chi connectivity index (χ2v) is 5.45. The van der Waals surface area contributed by atoms with Crippen LogP contribution in [0.25, 0.3) is 0 Å². The zero-order chi connectivity index (χ0) is 15.2. The van der Waals surface area contributed by atoms with Gasteiger partial charge in [-0.25, -0.2) is 0 Å². The van der Waals surface area contributed by atoms with Gasteiger partial charge in [0.1, 0.15) is 0 Å². The molecule has 0 bridgehead atoms. The molecule has 5 nitrogen and oxygen atoms in total. The highest BCUT2D eigenvalue weighted by Crippen LogP contribution is 2.30. The van der Waals surface area contributed by atoms with Crippen molar-refractivity contribution < 1.29 is 9.47 Å². The minimum atomic E-state index is -0.0414. The zero-order valence-electron chi connectivity index (χ0n) is 13.6. The average molecular weight is 407 g/mol. The first kappa shape index (κ1) is 19.8. The normalized spacial score (nSPS) is 11.4.